The standard InChI is InChI=1S/C26H22Br2ClFO5/c1-13(2)16-11-22(35-26-18(27)8-14(9-19(26)28)10-23(31)34-4)17(12-21(16)33-3)25(32)15-6-5-7-20(29)24(15)30/h5-9,11-13H,10H2,1-4H3. The Morgan fingerprint density at radius 2 is 1.66 bits per heavy atom. The summed E-state index contributed by atoms with van der Waals surface area (Å²) in [6.07, 6.45) is 0.0752. The molecule has 0 unspecified atom stereocenters. The summed E-state index contributed by atoms with van der Waals surface area (Å²) in [5, 5.41) is -0.157. The Morgan fingerprint density at radius 1 is 1.00 bits per heavy atom. The molecule has 0 aromatic heterocycles. The Balaban J connectivity index is 2.15. The molecule has 3 aromatic rings. The molecule has 9 heteroatoms. The summed E-state index contributed by atoms with van der Waals surface area (Å²) in [4.78, 5) is 25.1. The summed E-state index contributed by atoms with van der Waals surface area (Å²) >= 11 is 12.9. The van der Waals surface area contributed by atoms with Crippen LogP contribution in [-0.2, 0) is 16.0 Å². The van der Waals surface area contributed by atoms with E-state index in [2.05, 4.69) is 31.9 Å². The number of esters is 1. The van der Waals surface area contributed by atoms with E-state index in [0.717, 1.165) is 5.56 Å². The second-order valence-corrected chi connectivity index (χ2v) is 10.0. The van der Waals surface area contributed by atoms with Crippen molar-refractivity contribution in [3.05, 3.63) is 84.5 Å². The van der Waals surface area contributed by atoms with Crippen LogP contribution in [0.15, 0.2) is 51.4 Å². The third-order valence-corrected chi connectivity index (χ3v) is 6.71. The van der Waals surface area contributed by atoms with Gasteiger partial charge in [0.05, 0.1) is 45.7 Å². The highest BCUT2D eigenvalue weighted by molar-refractivity contribution is 9.11. The zero-order chi connectivity index (χ0) is 25.9. The molecule has 0 saturated heterocycles. The topological polar surface area (TPSA) is 61.8 Å². The first kappa shape index (κ1) is 27.2. The van der Waals surface area contributed by atoms with Crippen molar-refractivity contribution in [2.75, 3.05) is 14.2 Å². The van der Waals surface area contributed by atoms with Crippen LogP contribution in [-0.4, -0.2) is 26.0 Å². The molecule has 0 spiro atoms. The van der Waals surface area contributed by atoms with E-state index in [4.69, 9.17) is 25.8 Å². The highest BCUT2D eigenvalue weighted by Crippen LogP contribution is 2.42. The quantitative estimate of drug-likeness (QED) is 0.188. The van der Waals surface area contributed by atoms with Crippen molar-refractivity contribution in [2.24, 2.45) is 0 Å². The minimum atomic E-state index is -0.813. The van der Waals surface area contributed by atoms with Gasteiger partial charge in [0.1, 0.15) is 11.5 Å². The molecule has 0 aliphatic heterocycles. The Hall–Kier alpha value is -2.42. The molecule has 3 rings (SSSR count). The van der Waals surface area contributed by atoms with E-state index >= 15 is 0 Å². The van der Waals surface area contributed by atoms with E-state index in [1.54, 1.807) is 24.3 Å². The summed E-state index contributed by atoms with van der Waals surface area (Å²) in [7, 11) is 2.82. The number of methoxy groups -OCH3 is 2. The smallest absolute Gasteiger partial charge is 0.309 e. The Bertz CT molecular complexity index is 1270. The van der Waals surface area contributed by atoms with Crippen LogP contribution < -0.4 is 9.47 Å². The zero-order valence-electron chi connectivity index (χ0n) is 19.4. The van der Waals surface area contributed by atoms with Gasteiger partial charge in [-0.15, -0.1) is 0 Å². The highest BCUT2D eigenvalue weighted by Gasteiger charge is 2.25. The molecule has 0 atom stereocenters. The molecular formula is C26H22Br2ClFO5. The fraction of sp³-hybridized carbons (Fsp3) is 0.231. The molecule has 0 bridgehead atoms. The number of benzene rings is 3. The second kappa shape index (κ2) is 11.5. The summed E-state index contributed by atoms with van der Waals surface area (Å²) in [6, 6.07) is 10.9. The number of ketones is 1. The lowest BCUT2D eigenvalue weighted by molar-refractivity contribution is -0.139. The summed E-state index contributed by atoms with van der Waals surface area (Å²) in [5.74, 6) is -0.696. The monoisotopic (exact) mass is 626 g/mol. The first-order chi connectivity index (χ1) is 16.6. The summed E-state index contributed by atoms with van der Waals surface area (Å²) in [6.45, 7) is 3.96. The van der Waals surface area contributed by atoms with Crippen LogP contribution in [0.5, 0.6) is 17.2 Å². The van der Waals surface area contributed by atoms with Gasteiger partial charge >= 0.3 is 5.97 Å². The molecular weight excluding hydrogens is 607 g/mol. The van der Waals surface area contributed by atoms with E-state index in [1.807, 2.05) is 13.8 Å². The molecule has 0 saturated carbocycles. The van der Waals surface area contributed by atoms with E-state index in [0.29, 0.717) is 26.0 Å². The van der Waals surface area contributed by atoms with Gasteiger partial charge in [0, 0.05) is 5.56 Å². The predicted octanol–water partition coefficient (Wildman–Crippen LogP) is 7.87. The molecule has 0 aliphatic carbocycles. The number of hydrogen-bond acceptors (Lipinski definition) is 5. The molecule has 0 fully saturated rings. The zero-order valence-corrected chi connectivity index (χ0v) is 23.3. The highest BCUT2D eigenvalue weighted by atomic mass is 79.9. The molecule has 184 valence electrons. The van der Waals surface area contributed by atoms with Crippen LogP contribution >= 0.6 is 43.5 Å². The summed E-state index contributed by atoms with van der Waals surface area (Å²) in [5.41, 5.74) is 1.41. The average Bonchev–Trinajstić information content (AvgIpc) is 2.82. The van der Waals surface area contributed by atoms with Crippen LogP contribution in [0.4, 0.5) is 4.39 Å². The lowest BCUT2D eigenvalue weighted by Crippen LogP contribution is -2.09. The average molecular weight is 629 g/mol. The molecule has 0 heterocycles. The van der Waals surface area contributed by atoms with Crippen molar-refractivity contribution in [1.29, 1.82) is 0 Å². The van der Waals surface area contributed by atoms with Gasteiger partial charge in [-0.25, -0.2) is 4.39 Å². The van der Waals surface area contributed by atoms with Crippen LogP contribution in [0.3, 0.4) is 0 Å². The summed E-state index contributed by atoms with van der Waals surface area (Å²) < 4.78 is 32.3. The molecule has 35 heavy (non-hydrogen) atoms. The fourth-order valence-electron chi connectivity index (χ4n) is 3.45. The molecule has 0 N–H and O–H groups in total. The lowest BCUT2D eigenvalue weighted by Gasteiger charge is -2.19. The predicted molar refractivity (Wildman–Crippen MR) is 140 cm³/mol. The van der Waals surface area contributed by atoms with Gasteiger partial charge in [0.15, 0.2) is 17.3 Å². The van der Waals surface area contributed by atoms with E-state index < -0.39 is 11.6 Å². The first-order valence-corrected chi connectivity index (χ1v) is 12.5. The van der Waals surface area contributed by atoms with Crippen molar-refractivity contribution >= 4 is 55.2 Å². The number of ether oxygens (including phenoxy) is 3. The molecule has 0 aliphatic rings. The Morgan fingerprint density at radius 3 is 2.23 bits per heavy atom. The van der Waals surface area contributed by atoms with Gasteiger partial charge in [-0.2, -0.15) is 0 Å². The van der Waals surface area contributed by atoms with Gasteiger partial charge < -0.3 is 14.2 Å². The largest absolute Gasteiger partial charge is 0.496 e. The van der Waals surface area contributed by atoms with Crippen molar-refractivity contribution in [3.8, 4) is 17.2 Å². The van der Waals surface area contributed by atoms with E-state index in [9.17, 15) is 14.0 Å². The second-order valence-electron chi connectivity index (χ2n) is 7.92. The number of carbonyl (C=O) groups is 2. The number of carbonyl (C=O) groups excluding carboxylic acids is 2. The van der Waals surface area contributed by atoms with Crippen LogP contribution in [0.2, 0.25) is 5.02 Å². The third kappa shape index (κ3) is 6.05. The van der Waals surface area contributed by atoms with Crippen molar-refractivity contribution in [3.63, 3.8) is 0 Å². The Labute approximate surface area is 224 Å². The molecule has 0 amide bonds. The number of hydrogen-bond donors (Lipinski definition) is 0. The lowest BCUT2D eigenvalue weighted by atomic mass is 9.95. The van der Waals surface area contributed by atoms with Crippen LogP contribution in [0, 0.1) is 5.82 Å². The maximum atomic E-state index is 14.7. The van der Waals surface area contributed by atoms with E-state index in [1.165, 1.54) is 32.4 Å². The third-order valence-electron chi connectivity index (χ3n) is 5.24. The van der Waals surface area contributed by atoms with Crippen molar-refractivity contribution in [2.45, 2.75) is 26.2 Å². The number of halogens is 4. The van der Waals surface area contributed by atoms with Gasteiger partial charge in [-0.1, -0.05) is 31.5 Å². The fourth-order valence-corrected chi connectivity index (χ4v) is 5.07. The maximum Gasteiger partial charge on any atom is 0.309 e. The van der Waals surface area contributed by atoms with Gasteiger partial charge in [-0.3, -0.25) is 9.59 Å². The number of rotatable bonds is 8. The van der Waals surface area contributed by atoms with Gasteiger partial charge in [0.25, 0.3) is 0 Å². The van der Waals surface area contributed by atoms with Crippen LogP contribution in [0.1, 0.15) is 46.8 Å². The molecule has 3 aromatic carbocycles. The normalized spacial score (nSPS) is 10.9. The SMILES string of the molecule is COC(=O)Cc1cc(Br)c(Oc2cc(C(C)C)c(OC)cc2C(=O)c2cccc(Cl)c2F)c(Br)c1. The van der Waals surface area contributed by atoms with Gasteiger partial charge in [0.2, 0.25) is 0 Å². The Kier molecular flexibility index (Phi) is 8.96. The first-order valence-electron chi connectivity index (χ1n) is 10.5. The minimum Gasteiger partial charge on any atom is -0.496 e. The van der Waals surface area contributed by atoms with Gasteiger partial charge in [-0.05, 0) is 79.7 Å². The molecule has 0 radical (unpaired) electrons. The van der Waals surface area contributed by atoms with Crippen LogP contribution in [0.25, 0.3) is 0 Å². The maximum absolute atomic E-state index is 14.7. The van der Waals surface area contributed by atoms with Crippen molar-refractivity contribution < 1.29 is 28.2 Å². The minimum absolute atomic E-state index is 0.0497. The molecule has 5 nitrogen and oxygen atoms in total. The van der Waals surface area contributed by atoms with E-state index in [-0.39, 0.29) is 40.2 Å². The van der Waals surface area contributed by atoms with Crippen molar-refractivity contribution in [1.82, 2.24) is 0 Å².